The third kappa shape index (κ3) is 7.91. The number of urea groups is 1. The van der Waals surface area contributed by atoms with Crippen LogP contribution in [-0.2, 0) is 33.8 Å². The van der Waals surface area contributed by atoms with E-state index in [4.69, 9.17) is 14.3 Å². The molecule has 3 heterocycles. The molecule has 14 nitrogen and oxygen atoms in total. The number of hydrogen-bond acceptors (Lipinski definition) is 10. The third-order valence-electron chi connectivity index (χ3n) is 5.24. The molecule has 3 aliphatic heterocycles. The summed E-state index contributed by atoms with van der Waals surface area (Å²) >= 11 is 0. The average molecular weight is 517 g/mol. The minimum absolute atomic E-state index is 0. The first-order valence-corrected chi connectivity index (χ1v) is 11.9. The summed E-state index contributed by atoms with van der Waals surface area (Å²) < 4.78 is 47.8. The van der Waals surface area contributed by atoms with Gasteiger partial charge in [-0.15, -0.1) is 0 Å². The Balaban J connectivity index is 0.00000408. The van der Waals surface area contributed by atoms with Crippen molar-refractivity contribution in [2.45, 2.75) is 63.8 Å². The van der Waals surface area contributed by atoms with Gasteiger partial charge in [0.1, 0.15) is 24.4 Å². The van der Waals surface area contributed by atoms with Crippen molar-refractivity contribution in [2.24, 2.45) is 0 Å². The zero-order valence-corrected chi connectivity index (χ0v) is 22.5. The van der Waals surface area contributed by atoms with Gasteiger partial charge in [0.15, 0.2) is 0 Å². The molecule has 0 aromatic heterocycles. The van der Waals surface area contributed by atoms with Crippen LogP contribution in [0.25, 0.3) is 0 Å². The van der Waals surface area contributed by atoms with Gasteiger partial charge in [0.25, 0.3) is 5.91 Å². The molecule has 3 atom stereocenters. The van der Waals surface area contributed by atoms with Gasteiger partial charge < -0.3 is 23.8 Å². The number of nitrogens with zero attached hydrogens (tertiary/aromatic N) is 3. The third-order valence-corrected chi connectivity index (χ3v) is 5.58. The predicted octanol–water partition coefficient (Wildman–Crippen LogP) is -3.28. The monoisotopic (exact) mass is 516 g/mol. The quantitative estimate of drug-likeness (QED) is 0.164. The summed E-state index contributed by atoms with van der Waals surface area (Å²) in [6, 6.07) is -2.42. The van der Waals surface area contributed by atoms with Crippen LogP contribution in [0.5, 0.6) is 0 Å². The first kappa shape index (κ1) is 29.0. The Bertz CT molecular complexity index is 867. The first-order valence-electron chi connectivity index (χ1n) is 10.6. The fourth-order valence-electron chi connectivity index (χ4n) is 3.86. The molecule has 3 rings (SSSR count). The summed E-state index contributed by atoms with van der Waals surface area (Å²) in [6.07, 6.45) is 0.164. The smallest absolute Gasteiger partial charge is 0.724 e. The number of piperidine rings is 1. The fraction of sp³-hybridized carbons (Fsp3) is 0.833. The van der Waals surface area contributed by atoms with Gasteiger partial charge in [-0.25, -0.2) is 23.5 Å². The van der Waals surface area contributed by atoms with E-state index < -0.39 is 52.2 Å². The Morgan fingerprint density at radius 3 is 2.59 bits per heavy atom. The van der Waals surface area contributed by atoms with Crippen LogP contribution >= 0.6 is 0 Å². The van der Waals surface area contributed by atoms with Gasteiger partial charge in [0.2, 0.25) is 10.4 Å². The molecule has 2 bridgehead atoms. The number of fused-ring (bicyclic) bond motifs is 2. The topological polar surface area (TPSA) is 167 Å². The second kappa shape index (κ2) is 11.7. The number of hydrogen-bond donors (Lipinski definition) is 1. The molecule has 1 unspecified atom stereocenters. The van der Waals surface area contributed by atoms with Gasteiger partial charge >= 0.3 is 41.7 Å². The summed E-state index contributed by atoms with van der Waals surface area (Å²) in [6.45, 7) is 6.43. The molecule has 3 saturated heterocycles. The van der Waals surface area contributed by atoms with Gasteiger partial charge in [-0.3, -0.25) is 9.63 Å². The Morgan fingerprint density at radius 1 is 1.24 bits per heavy atom. The molecular formula is C18H29N4NaO10S. The van der Waals surface area contributed by atoms with Gasteiger partial charge in [-0.1, -0.05) is 0 Å². The number of carbonyl (C=O) groups is 3. The van der Waals surface area contributed by atoms with Crippen molar-refractivity contribution < 1.29 is 75.5 Å². The minimum atomic E-state index is -5.12. The Labute approximate surface area is 220 Å². The summed E-state index contributed by atoms with van der Waals surface area (Å²) in [5.74, 6) is -0.605. The van der Waals surface area contributed by atoms with Crippen molar-refractivity contribution in [2.75, 3.05) is 32.8 Å². The van der Waals surface area contributed by atoms with E-state index in [1.807, 2.05) is 0 Å². The van der Waals surface area contributed by atoms with Crippen LogP contribution < -0.4 is 35.0 Å². The molecular weight excluding hydrogens is 487 g/mol. The molecule has 188 valence electrons. The van der Waals surface area contributed by atoms with Crippen LogP contribution in [-0.4, -0.2) is 103 Å². The van der Waals surface area contributed by atoms with E-state index in [1.165, 1.54) is 4.90 Å². The van der Waals surface area contributed by atoms with Crippen molar-refractivity contribution in [3.8, 4) is 0 Å². The zero-order chi connectivity index (χ0) is 24.4. The van der Waals surface area contributed by atoms with E-state index in [-0.39, 0.29) is 62.1 Å². The molecule has 0 radical (unpaired) electrons. The Kier molecular flexibility index (Phi) is 9.98. The molecule has 0 aromatic carbocycles. The molecule has 3 aliphatic rings. The maximum absolute atomic E-state index is 12.6. The fourth-order valence-corrected chi connectivity index (χ4v) is 4.25. The second-order valence-electron chi connectivity index (χ2n) is 9.04. The van der Waals surface area contributed by atoms with Gasteiger partial charge in [-0.2, -0.15) is 9.35 Å². The maximum atomic E-state index is 12.6. The number of rotatable bonds is 6. The first-order chi connectivity index (χ1) is 15.3. The summed E-state index contributed by atoms with van der Waals surface area (Å²) in [7, 11) is -5.12. The van der Waals surface area contributed by atoms with E-state index in [1.54, 1.807) is 20.8 Å². The molecule has 1 N–H and O–H groups in total. The Hall–Kier alpha value is -1.20. The van der Waals surface area contributed by atoms with Crippen LogP contribution in [0.3, 0.4) is 0 Å². The van der Waals surface area contributed by atoms with Crippen molar-refractivity contribution in [1.82, 2.24) is 20.3 Å². The number of carbonyl (C=O) groups excluding carboxylic acids is 3. The van der Waals surface area contributed by atoms with Gasteiger partial charge in [-0.05, 0) is 40.0 Å². The zero-order valence-electron chi connectivity index (χ0n) is 19.7. The largest absolute Gasteiger partial charge is 1.00 e. The number of hydroxylamine groups is 3. The van der Waals surface area contributed by atoms with E-state index in [0.717, 1.165) is 4.90 Å². The van der Waals surface area contributed by atoms with Gasteiger partial charge in [0, 0.05) is 19.7 Å². The van der Waals surface area contributed by atoms with Gasteiger partial charge in [0.05, 0.1) is 12.6 Å². The normalized spacial score (nSPS) is 25.5. The van der Waals surface area contributed by atoms with Crippen LogP contribution in [0.15, 0.2) is 0 Å². The molecule has 34 heavy (non-hydrogen) atoms. The van der Waals surface area contributed by atoms with Crippen molar-refractivity contribution >= 4 is 28.4 Å². The van der Waals surface area contributed by atoms with Crippen LogP contribution in [0.2, 0.25) is 0 Å². The number of ether oxygens (including phenoxy) is 2. The molecule has 0 aromatic rings. The maximum Gasteiger partial charge on any atom is 1.00 e. The van der Waals surface area contributed by atoms with Crippen molar-refractivity contribution in [1.29, 1.82) is 0 Å². The number of nitrogens with one attached hydrogen (secondary N) is 1. The second-order valence-corrected chi connectivity index (χ2v) is 10.0. The van der Waals surface area contributed by atoms with E-state index in [0.29, 0.717) is 24.6 Å². The minimum Gasteiger partial charge on any atom is -0.724 e. The Morgan fingerprint density at radius 2 is 1.94 bits per heavy atom. The van der Waals surface area contributed by atoms with Crippen LogP contribution in [0.1, 0.15) is 40.0 Å². The van der Waals surface area contributed by atoms with E-state index in [2.05, 4.69) is 9.76 Å². The van der Waals surface area contributed by atoms with Crippen LogP contribution in [0.4, 0.5) is 9.59 Å². The van der Waals surface area contributed by atoms with E-state index >= 15 is 0 Å². The molecule has 0 spiro atoms. The molecule has 0 saturated carbocycles. The van der Waals surface area contributed by atoms with Crippen LogP contribution in [0, 0.1) is 0 Å². The molecule has 16 heteroatoms. The average Bonchev–Trinajstić information content (AvgIpc) is 2.87. The SMILES string of the molecule is CC(C)(C)OC(=O)N1CCCOC(CONC(=O)[C@@H]2CC[C@@H]3CN2C(=O)N3OS(=O)(=O)[O-])C1.[Na+]. The van der Waals surface area contributed by atoms with Crippen molar-refractivity contribution in [3.05, 3.63) is 0 Å². The summed E-state index contributed by atoms with van der Waals surface area (Å²) in [4.78, 5) is 45.2. The number of amides is 4. The molecule has 3 fully saturated rings. The molecule has 4 amide bonds. The van der Waals surface area contributed by atoms with E-state index in [9.17, 15) is 27.4 Å². The summed E-state index contributed by atoms with van der Waals surface area (Å²) in [5.41, 5.74) is 1.65. The molecule has 0 aliphatic carbocycles. The predicted molar refractivity (Wildman–Crippen MR) is 108 cm³/mol. The van der Waals surface area contributed by atoms with Crippen molar-refractivity contribution in [3.63, 3.8) is 0 Å². The standard InChI is InChI=1S/C18H30N4O10S.Na/c1-18(2,3)31-17(25)20-7-4-8-29-13(10-20)11-30-19-15(23)14-6-5-12-9-21(14)16(24)22(12)32-33(26,27)28;/h12-14H,4-11H2,1-3H3,(H,19,23)(H,26,27,28);/q;+1/p-1/t12-,13?,14+;/m1./s1. The summed E-state index contributed by atoms with van der Waals surface area (Å²) in [5, 5.41) is 0.501.